The lowest BCUT2D eigenvalue weighted by Gasteiger charge is -2.04. The van der Waals surface area contributed by atoms with E-state index in [0.29, 0.717) is 6.54 Å². The van der Waals surface area contributed by atoms with Crippen molar-refractivity contribution in [2.45, 2.75) is 96.8 Å². The summed E-state index contributed by atoms with van der Waals surface area (Å²) in [5.74, 6) is -3.04. The van der Waals surface area contributed by atoms with Gasteiger partial charge >= 0.3 is 11.9 Å². The van der Waals surface area contributed by atoms with Crippen LogP contribution in [-0.2, 0) is 9.59 Å². The van der Waals surface area contributed by atoms with Crippen LogP contribution in [0.3, 0.4) is 0 Å². The zero-order chi connectivity index (χ0) is 21.5. The molecule has 6 heteroatoms. The van der Waals surface area contributed by atoms with E-state index in [1.54, 1.807) is 0 Å². The maximum Gasteiger partial charge on any atom is 0.310 e. The second-order valence-corrected chi connectivity index (χ2v) is 7.16. The van der Waals surface area contributed by atoms with Crippen LogP contribution in [0, 0.1) is 5.92 Å². The minimum Gasteiger partial charge on any atom is -0.481 e. The van der Waals surface area contributed by atoms with Gasteiger partial charge in [0.25, 0.3) is 0 Å². The fourth-order valence-corrected chi connectivity index (χ4v) is 2.79. The molecule has 0 bridgehead atoms. The van der Waals surface area contributed by atoms with Gasteiger partial charge in [-0.1, -0.05) is 89.7 Å². The standard InChI is InChI=1S/C20H36O4.C2H7NO/c1-2-3-4-5-6-7-8-9-10-11-12-13-14-15-16-18(20(23)24)17-19(21)22;3-1-2-4/h15-16,18H,2-14,17H2,1H3,(H,21,22)(H,23,24);4H,1-3H2. The van der Waals surface area contributed by atoms with Crippen molar-refractivity contribution in [3.05, 3.63) is 12.2 Å². The molecule has 0 aliphatic heterocycles. The normalized spacial score (nSPS) is 11.8. The Balaban J connectivity index is 0. The summed E-state index contributed by atoms with van der Waals surface area (Å²) in [7, 11) is 0. The minimum atomic E-state index is -1.07. The molecule has 0 aromatic rings. The Morgan fingerprint density at radius 1 is 0.857 bits per heavy atom. The third-order valence-corrected chi connectivity index (χ3v) is 4.43. The Labute approximate surface area is 171 Å². The number of rotatable bonds is 18. The molecule has 6 nitrogen and oxygen atoms in total. The highest BCUT2D eigenvalue weighted by Gasteiger charge is 2.17. The molecule has 0 spiro atoms. The van der Waals surface area contributed by atoms with Crippen LogP contribution in [-0.4, -0.2) is 40.4 Å². The molecule has 0 aliphatic carbocycles. The maximum atomic E-state index is 10.9. The first-order chi connectivity index (χ1) is 13.5. The predicted molar refractivity (Wildman–Crippen MR) is 114 cm³/mol. The van der Waals surface area contributed by atoms with E-state index in [0.717, 1.165) is 19.3 Å². The lowest BCUT2D eigenvalue weighted by Crippen LogP contribution is -2.15. The van der Waals surface area contributed by atoms with Crippen LogP contribution in [0.25, 0.3) is 0 Å². The fraction of sp³-hybridized carbons (Fsp3) is 0.818. The van der Waals surface area contributed by atoms with E-state index in [1.807, 2.05) is 6.08 Å². The van der Waals surface area contributed by atoms with Crippen molar-refractivity contribution < 1.29 is 24.9 Å². The highest BCUT2D eigenvalue weighted by molar-refractivity contribution is 5.79. The van der Waals surface area contributed by atoms with Crippen molar-refractivity contribution in [1.82, 2.24) is 0 Å². The molecular weight excluding hydrogens is 358 g/mol. The molecule has 1 unspecified atom stereocenters. The number of unbranched alkanes of at least 4 members (excludes halogenated alkanes) is 12. The van der Waals surface area contributed by atoms with E-state index < -0.39 is 17.9 Å². The molecule has 0 fully saturated rings. The second kappa shape index (κ2) is 23.6. The Hall–Kier alpha value is -1.40. The van der Waals surface area contributed by atoms with Crippen LogP contribution >= 0.6 is 0 Å². The molecule has 0 heterocycles. The van der Waals surface area contributed by atoms with Crippen molar-refractivity contribution in [3.63, 3.8) is 0 Å². The summed E-state index contributed by atoms with van der Waals surface area (Å²) in [4.78, 5) is 21.5. The zero-order valence-corrected chi connectivity index (χ0v) is 17.8. The van der Waals surface area contributed by atoms with E-state index in [9.17, 15) is 9.59 Å². The highest BCUT2D eigenvalue weighted by Crippen LogP contribution is 2.13. The van der Waals surface area contributed by atoms with Crippen LogP contribution in [0.15, 0.2) is 12.2 Å². The molecule has 28 heavy (non-hydrogen) atoms. The summed E-state index contributed by atoms with van der Waals surface area (Å²) in [6.07, 6.45) is 19.4. The fourth-order valence-electron chi connectivity index (χ4n) is 2.79. The predicted octanol–water partition coefficient (Wildman–Crippen LogP) is 4.75. The van der Waals surface area contributed by atoms with Gasteiger partial charge in [0.05, 0.1) is 18.9 Å². The number of aliphatic carboxylic acids is 2. The lowest BCUT2D eigenvalue weighted by molar-refractivity contribution is -0.146. The van der Waals surface area contributed by atoms with Gasteiger partial charge in [-0.15, -0.1) is 0 Å². The van der Waals surface area contributed by atoms with Gasteiger partial charge in [-0.2, -0.15) is 0 Å². The van der Waals surface area contributed by atoms with Crippen LogP contribution in [0.5, 0.6) is 0 Å². The van der Waals surface area contributed by atoms with E-state index in [-0.39, 0.29) is 13.0 Å². The van der Waals surface area contributed by atoms with Crippen LogP contribution in [0.2, 0.25) is 0 Å². The Morgan fingerprint density at radius 3 is 1.64 bits per heavy atom. The van der Waals surface area contributed by atoms with Crippen LogP contribution < -0.4 is 5.73 Å². The van der Waals surface area contributed by atoms with Crippen molar-refractivity contribution in [2.75, 3.05) is 13.2 Å². The number of allylic oxidation sites excluding steroid dienone is 1. The summed E-state index contributed by atoms with van der Waals surface area (Å²) in [5, 5.41) is 25.3. The molecular formula is C22H43NO5. The molecule has 0 amide bonds. The molecule has 1 atom stereocenters. The number of nitrogens with two attached hydrogens (primary N) is 1. The third kappa shape index (κ3) is 24.6. The topological polar surface area (TPSA) is 121 Å². The first-order valence-corrected chi connectivity index (χ1v) is 10.9. The first-order valence-electron chi connectivity index (χ1n) is 10.9. The molecule has 0 rings (SSSR count). The smallest absolute Gasteiger partial charge is 0.310 e. The Morgan fingerprint density at radius 2 is 1.29 bits per heavy atom. The average Bonchev–Trinajstić information content (AvgIpc) is 2.67. The SMILES string of the molecule is CCCCCCCCCCCCCCC=CC(CC(=O)O)C(=O)O.NCCO. The lowest BCUT2D eigenvalue weighted by atomic mass is 10.0. The van der Waals surface area contributed by atoms with Gasteiger partial charge in [-0.25, -0.2) is 0 Å². The van der Waals surface area contributed by atoms with E-state index in [1.165, 1.54) is 70.3 Å². The summed E-state index contributed by atoms with van der Waals surface area (Å²) in [6, 6.07) is 0. The van der Waals surface area contributed by atoms with Crippen molar-refractivity contribution >= 4 is 11.9 Å². The van der Waals surface area contributed by atoms with E-state index >= 15 is 0 Å². The number of aliphatic hydroxyl groups is 1. The Kier molecular flexibility index (Phi) is 24.3. The van der Waals surface area contributed by atoms with Gasteiger partial charge < -0.3 is 21.1 Å². The van der Waals surface area contributed by atoms with Gasteiger partial charge in [0.15, 0.2) is 0 Å². The summed E-state index contributed by atoms with van der Waals surface area (Å²) in [5.41, 5.74) is 4.78. The number of hydrogen-bond donors (Lipinski definition) is 4. The molecule has 0 aromatic carbocycles. The van der Waals surface area contributed by atoms with Crippen LogP contribution in [0.4, 0.5) is 0 Å². The van der Waals surface area contributed by atoms with E-state index in [4.69, 9.17) is 21.1 Å². The highest BCUT2D eigenvalue weighted by atomic mass is 16.4. The number of hydrogen-bond acceptors (Lipinski definition) is 4. The molecule has 0 aromatic heterocycles. The van der Waals surface area contributed by atoms with Gasteiger partial charge in [-0.3, -0.25) is 9.59 Å². The largest absolute Gasteiger partial charge is 0.481 e. The zero-order valence-electron chi connectivity index (χ0n) is 17.8. The van der Waals surface area contributed by atoms with Gasteiger partial charge in [0, 0.05) is 6.54 Å². The average molecular weight is 402 g/mol. The maximum absolute atomic E-state index is 10.9. The van der Waals surface area contributed by atoms with Crippen molar-refractivity contribution in [3.8, 4) is 0 Å². The summed E-state index contributed by atoms with van der Waals surface area (Å²) < 4.78 is 0. The molecule has 0 saturated carbocycles. The second-order valence-electron chi connectivity index (χ2n) is 7.16. The number of carbonyl (C=O) groups is 2. The van der Waals surface area contributed by atoms with Gasteiger partial charge in [-0.05, 0) is 12.8 Å². The molecule has 0 saturated heterocycles. The molecule has 166 valence electrons. The van der Waals surface area contributed by atoms with E-state index in [2.05, 4.69) is 6.92 Å². The molecule has 0 aliphatic rings. The van der Waals surface area contributed by atoms with Crippen LogP contribution in [0.1, 0.15) is 96.8 Å². The number of carboxylic acids is 2. The third-order valence-electron chi connectivity index (χ3n) is 4.43. The van der Waals surface area contributed by atoms with Crippen molar-refractivity contribution in [2.24, 2.45) is 11.7 Å². The first kappa shape index (κ1) is 28.8. The summed E-state index contributed by atoms with van der Waals surface area (Å²) in [6.45, 7) is 2.72. The van der Waals surface area contributed by atoms with Gasteiger partial charge in [0.1, 0.15) is 0 Å². The number of carboxylic acid groups (broad SMARTS) is 2. The Bertz CT molecular complexity index is 383. The number of aliphatic hydroxyl groups excluding tert-OH is 1. The quantitative estimate of drug-likeness (QED) is 0.194. The molecule has 0 radical (unpaired) electrons. The monoisotopic (exact) mass is 401 g/mol. The summed E-state index contributed by atoms with van der Waals surface area (Å²) >= 11 is 0. The van der Waals surface area contributed by atoms with Gasteiger partial charge in [0.2, 0.25) is 0 Å². The molecule has 5 N–H and O–H groups in total. The minimum absolute atomic E-state index is 0.0972. The van der Waals surface area contributed by atoms with Crippen molar-refractivity contribution in [1.29, 1.82) is 0 Å².